The fourth-order valence-electron chi connectivity index (χ4n) is 2.22. The van der Waals surface area contributed by atoms with Crippen LogP contribution < -0.4 is 0 Å². The van der Waals surface area contributed by atoms with Gasteiger partial charge in [0.1, 0.15) is 13.2 Å². The Morgan fingerprint density at radius 1 is 0.769 bits per heavy atom. The van der Waals surface area contributed by atoms with Gasteiger partial charge in [0.05, 0.1) is 18.6 Å². The van der Waals surface area contributed by atoms with Crippen LogP contribution in [0.5, 0.6) is 0 Å². The SMILES string of the molecule is C=CC(=O)OCCCCCC(COC)(COC(=O)C=C)COC(=O)C=C. The average molecular weight is 368 g/mol. The Balaban J connectivity index is 4.68. The normalized spacial score (nSPS) is 10.5. The van der Waals surface area contributed by atoms with Gasteiger partial charge < -0.3 is 18.9 Å². The van der Waals surface area contributed by atoms with Crippen LogP contribution in [0.2, 0.25) is 0 Å². The van der Waals surface area contributed by atoms with Gasteiger partial charge in [-0.3, -0.25) is 0 Å². The van der Waals surface area contributed by atoms with E-state index in [0.717, 1.165) is 31.1 Å². The summed E-state index contributed by atoms with van der Waals surface area (Å²) < 4.78 is 20.5. The van der Waals surface area contributed by atoms with Gasteiger partial charge >= 0.3 is 17.9 Å². The lowest BCUT2D eigenvalue weighted by atomic mass is 9.84. The van der Waals surface area contributed by atoms with Gasteiger partial charge in [0.15, 0.2) is 0 Å². The Kier molecular flexibility index (Phi) is 12.6. The van der Waals surface area contributed by atoms with Crippen molar-refractivity contribution in [3.05, 3.63) is 38.0 Å². The van der Waals surface area contributed by atoms with Gasteiger partial charge in [-0.05, 0) is 12.8 Å². The van der Waals surface area contributed by atoms with E-state index in [-0.39, 0.29) is 19.8 Å². The van der Waals surface area contributed by atoms with Crippen LogP contribution in [0.1, 0.15) is 25.7 Å². The first kappa shape index (κ1) is 23.6. The maximum absolute atomic E-state index is 11.4. The molecule has 0 aromatic heterocycles. The van der Waals surface area contributed by atoms with Crippen molar-refractivity contribution >= 4 is 17.9 Å². The van der Waals surface area contributed by atoms with Crippen LogP contribution in [0.4, 0.5) is 0 Å². The second-order valence-corrected chi connectivity index (χ2v) is 5.74. The maximum atomic E-state index is 11.4. The molecule has 0 fully saturated rings. The minimum absolute atomic E-state index is 0.0293. The molecular weight excluding hydrogens is 340 g/mol. The topological polar surface area (TPSA) is 88.1 Å². The molecule has 0 radical (unpaired) electrons. The summed E-state index contributed by atoms with van der Waals surface area (Å²) in [6.45, 7) is 10.7. The second-order valence-electron chi connectivity index (χ2n) is 5.74. The fraction of sp³-hybridized carbons (Fsp3) is 0.526. The molecule has 0 aliphatic carbocycles. The third-order valence-electron chi connectivity index (χ3n) is 3.59. The lowest BCUT2D eigenvalue weighted by molar-refractivity contribution is -0.151. The standard InChI is InChI=1S/C19H28O7/c1-5-16(20)24-12-10-8-9-11-19(13-23-4,14-25-17(21)6-2)15-26-18(22)7-3/h5-7H,1-3,8-15H2,4H3. The van der Waals surface area contributed by atoms with Crippen molar-refractivity contribution in [1.29, 1.82) is 0 Å². The smallest absolute Gasteiger partial charge is 0.330 e. The largest absolute Gasteiger partial charge is 0.463 e. The summed E-state index contributed by atoms with van der Waals surface area (Å²) in [5.74, 6) is -1.57. The molecule has 0 unspecified atom stereocenters. The second kappa shape index (κ2) is 13.8. The zero-order chi connectivity index (χ0) is 19.8. The molecule has 0 bridgehead atoms. The molecular formula is C19H28O7. The summed E-state index contributed by atoms with van der Waals surface area (Å²) in [6.07, 6.45) is 6.05. The summed E-state index contributed by atoms with van der Waals surface area (Å²) in [6, 6.07) is 0. The van der Waals surface area contributed by atoms with E-state index >= 15 is 0 Å². The zero-order valence-corrected chi connectivity index (χ0v) is 15.4. The fourth-order valence-corrected chi connectivity index (χ4v) is 2.22. The number of hydrogen-bond acceptors (Lipinski definition) is 7. The Morgan fingerprint density at radius 2 is 1.27 bits per heavy atom. The van der Waals surface area contributed by atoms with Crippen LogP contribution in [0.15, 0.2) is 38.0 Å². The van der Waals surface area contributed by atoms with E-state index in [1.54, 1.807) is 0 Å². The predicted molar refractivity (Wildman–Crippen MR) is 96.2 cm³/mol. The van der Waals surface area contributed by atoms with Gasteiger partial charge in [-0.15, -0.1) is 0 Å². The van der Waals surface area contributed by atoms with Gasteiger partial charge in [0, 0.05) is 25.3 Å². The van der Waals surface area contributed by atoms with Gasteiger partial charge in [0.25, 0.3) is 0 Å². The highest BCUT2D eigenvalue weighted by Crippen LogP contribution is 2.27. The van der Waals surface area contributed by atoms with E-state index in [1.807, 2.05) is 0 Å². The molecule has 0 aliphatic heterocycles. The Labute approximate surface area is 154 Å². The van der Waals surface area contributed by atoms with Crippen LogP contribution in [0.25, 0.3) is 0 Å². The van der Waals surface area contributed by atoms with Crippen LogP contribution in [-0.2, 0) is 33.3 Å². The highest BCUT2D eigenvalue weighted by Gasteiger charge is 2.33. The molecule has 0 rings (SSSR count). The van der Waals surface area contributed by atoms with Crippen molar-refractivity contribution in [1.82, 2.24) is 0 Å². The first-order valence-corrected chi connectivity index (χ1v) is 8.29. The number of methoxy groups -OCH3 is 1. The summed E-state index contributed by atoms with van der Waals surface area (Å²) in [5, 5.41) is 0. The highest BCUT2D eigenvalue weighted by molar-refractivity contribution is 5.82. The van der Waals surface area contributed by atoms with Gasteiger partial charge in [-0.2, -0.15) is 0 Å². The molecule has 0 saturated carbocycles. The number of carbonyl (C=O) groups excluding carboxylic acids is 3. The maximum Gasteiger partial charge on any atom is 0.330 e. The molecule has 7 nitrogen and oxygen atoms in total. The quantitative estimate of drug-likeness (QED) is 0.190. The summed E-state index contributed by atoms with van der Waals surface area (Å²) in [5.41, 5.74) is -0.677. The molecule has 0 atom stereocenters. The molecule has 7 heteroatoms. The lowest BCUT2D eigenvalue weighted by Crippen LogP contribution is -2.38. The molecule has 0 spiro atoms. The number of ether oxygens (including phenoxy) is 4. The van der Waals surface area contributed by atoms with Crippen LogP contribution >= 0.6 is 0 Å². The number of rotatable bonds is 15. The van der Waals surface area contributed by atoms with Crippen molar-refractivity contribution < 1.29 is 33.3 Å². The van der Waals surface area contributed by atoms with Crippen LogP contribution in [0.3, 0.4) is 0 Å². The van der Waals surface area contributed by atoms with E-state index in [2.05, 4.69) is 19.7 Å². The molecule has 0 saturated heterocycles. The molecule has 0 amide bonds. The molecule has 26 heavy (non-hydrogen) atoms. The monoisotopic (exact) mass is 368 g/mol. The number of carbonyl (C=O) groups is 3. The van der Waals surface area contributed by atoms with Crippen molar-refractivity contribution in [2.75, 3.05) is 33.5 Å². The number of unbranched alkanes of at least 4 members (excludes halogenated alkanes) is 2. The van der Waals surface area contributed by atoms with Crippen molar-refractivity contribution in [2.45, 2.75) is 25.7 Å². The molecule has 0 N–H and O–H groups in total. The number of esters is 3. The van der Waals surface area contributed by atoms with Crippen LogP contribution in [-0.4, -0.2) is 51.4 Å². The highest BCUT2D eigenvalue weighted by atomic mass is 16.6. The Bertz CT molecular complexity index is 472. The van der Waals surface area contributed by atoms with Crippen molar-refractivity contribution in [2.24, 2.45) is 5.41 Å². The predicted octanol–water partition coefficient (Wildman–Crippen LogP) is 2.37. The summed E-state index contributed by atoms with van der Waals surface area (Å²) in [7, 11) is 1.52. The average Bonchev–Trinajstić information content (AvgIpc) is 2.66. The number of hydrogen-bond donors (Lipinski definition) is 0. The molecule has 0 aromatic carbocycles. The lowest BCUT2D eigenvalue weighted by Gasteiger charge is -2.31. The Morgan fingerprint density at radius 3 is 1.73 bits per heavy atom. The first-order valence-electron chi connectivity index (χ1n) is 8.29. The van der Waals surface area contributed by atoms with E-state index in [4.69, 9.17) is 18.9 Å². The Hall–Kier alpha value is -2.41. The van der Waals surface area contributed by atoms with Crippen LogP contribution in [0, 0.1) is 5.41 Å². The molecule has 146 valence electrons. The van der Waals surface area contributed by atoms with Crippen molar-refractivity contribution in [3.63, 3.8) is 0 Å². The summed E-state index contributed by atoms with van der Waals surface area (Å²) >= 11 is 0. The first-order chi connectivity index (χ1) is 12.4. The van der Waals surface area contributed by atoms with Gasteiger partial charge in [0.2, 0.25) is 0 Å². The molecule has 0 aliphatic rings. The van der Waals surface area contributed by atoms with E-state index in [0.29, 0.717) is 19.4 Å². The minimum atomic E-state index is -0.677. The molecule has 0 heterocycles. The third-order valence-corrected chi connectivity index (χ3v) is 3.59. The van der Waals surface area contributed by atoms with Crippen molar-refractivity contribution in [3.8, 4) is 0 Å². The van der Waals surface area contributed by atoms with Gasteiger partial charge in [-0.1, -0.05) is 32.6 Å². The van der Waals surface area contributed by atoms with E-state index in [9.17, 15) is 14.4 Å². The summed E-state index contributed by atoms with van der Waals surface area (Å²) in [4.78, 5) is 33.8. The van der Waals surface area contributed by atoms with E-state index < -0.39 is 23.3 Å². The zero-order valence-electron chi connectivity index (χ0n) is 15.4. The molecule has 0 aromatic rings. The van der Waals surface area contributed by atoms with Gasteiger partial charge in [-0.25, -0.2) is 14.4 Å². The third kappa shape index (κ3) is 10.5. The van der Waals surface area contributed by atoms with E-state index in [1.165, 1.54) is 7.11 Å². The minimum Gasteiger partial charge on any atom is -0.463 e.